The van der Waals surface area contributed by atoms with Crippen molar-refractivity contribution in [3.05, 3.63) is 53.1 Å². The van der Waals surface area contributed by atoms with Crippen LogP contribution in [0.15, 0.2) is 36.4 Å². The summed E-state index contributed by atoms with van der Waals surface area (Å²) in [6, 6.07) is 11.3. The Morgan fingerprint density at radius 2 is 2.00 bits per heavy atom. The van der Waals surface area contributed by atoms with E-state index in [-0.39, 0.29) is 0 Å². The van der Waals surface area contributed by atoms with Crippen molar-refractivity contribution in [1.82, 2.24) is 0 Å². The van der Waals surface area contributed by atoms with E-state index in [2.05, 4.69) is 56.3 Å². The van der Waals surface area contributed by atoms with Gasteiger partial charge < -0.3 is 0 Å². The monoisotopic (exact) mass is 208 g/mol. The second-order valence-corrected chi connectivity index (χ2v) is 4.89. The van der Waals surface area contributed by atoms with Crippen molar-refractivity contribution in [3.8, 4) is 0 Å². The molecule has 0 N–H and O–H groups in total. The second-order valence-electron chi connectivity index (χ2n) is 4.89. The Hall–Kier alpha value is -1.56. The van der Waals surface area contributed by atoms with Gasteiger partial charge in [0, 0.05) is 0 Å². The lowest BCUT2D eigenvalue weighted by molar-refractivity contribution is 0.868. The SMILES string of the molecule is CC(C)c1cc2c3c(cccc3c1)CC=C2. The van der Waals surface area contributed by atoms with Crippen LogP contribution in [0.3, 0.4) is 0 Å². The molecule has 0 aliphatic heterocycles. The smallest absolute Gasteiger partial charge is 0.00761 e. The molecule has 0 amide bonds. The number of benzene rings is 2. The van der Waals surface area contributed by atoms with Gasteiger partial charge in [0.2, 0.25) is 0 Å². The summed E-state index contributed by atoms with van der Waals surface area (Å²) in [5.74, 6) is 0.597. The third-order valence-corrected chi connectivity index (χ3v) is 3.42. The first-order valence-corrected chi connectivity index (χ1v) is 5.98. The summed E-state index contributed by atoms with van der Waals surface area (Å²) < 4.78 is 0. The van der Waals surface area contributed by atoms with Crippen molar-refractivity contribution in [1.29, 1.82) is 0 Å². The molecule has 0 saturated carbocycles. The van der Waals surface area contributed by atoms with Crippen molar-refractivity contribution in [2.45, 2.75) is 26.2 Å². The summed E-state index contributed by atoms with van der Waals surface area (Å²) in [4.78, 5) is 0. The molecule has 0 spiro atoms. The van der Waals surface area contributed by atoms with Crippen LogP contribution in [0.2, 0.25) is 0 Å². The predicted molar refractivity (Wildman–Crippen MR) is 70.8 cm³/mol. The highest BCUT2D eigenvalue weighted by atomic mass is 14.1. The fraction of sp³-hybridized carbons (Fsp3) is 0.250. The summed E-state index contributed by atoms with van der Waals surface area (Å²) in [6.45, 7) is 4.51. The Balaban J connectivity index is 2.39. The molecule has 0 nitrogen and oxygen atoms in total. The highest BCUT2D eigenvalue weighted by Crippen LogP contribution is 2.31. The van der Waals surface area contributed by atoms with Crippen LogP contribution in [-0.2, 0) is 6.42 Å². The molecule has 0 heteroatoms. The quantitative estimate of drug-likeness (QED) is 0.645. The topological polar surface area (TPSA) is 0 Å². The van der Waals surface area contributed by atoms with E-state index in [1.54, 1.807) is 0 Å². The first-order valence-electron chi connectivity index (χ1n) is 5.98. The predicted octanol–water partition coefficient (Wildman–Crippen LogP) is 4.53. The molecule has 80 valence electrons. The van der Waals surface area contributed by atoms with Gasteiger partial charge in [-0.2, -0.15) is 0 Å². The molecule has 0 radical (unpaired) electrons. The van der Waals surface area contributed by atoms with E-state index in [0.717, 1.165) is 6.42 Å². The van der Waals surface area contributed by atoms with E-state index >= 15 is 0 Å². The van der Waals surface area contributed by atoms with Crippen molar-refractivity contribution in [3.63, 3.8) is 0 Å². The zero-order chi connectivity index (χ0) is 11.1. The number of rotatable bonds is 1. The number of hydrogen-bond acceptors (Lipinski definition) is 0. The largest absolute Gasteiger partial charge is 0.0795 e. The standard InChI is InChI=1S/C16H16/c1-11(2)15-9-13-7-3-5-12-6-4-8-14(10-15)16(12)13/h3-5,7-11H,6H2,1-2H3. The van der Waals surface area contributed by atoms with Gasteiger partial charge in [0.05, 0.1) is 0 Å². The third kappa shape index (κ3) is 1.37. The molecule has 0 unspecified atom stereocenters. The van der Waals surface area contributed by atoms with E-state index < -0.39 is 0 Å². The fourth-order valence-electron chi connectivity index (χ4n) is 2.51. The van der Waals surface area contributed by atoms with Crippen LogP contribution in [0, 0.1) is 0 Å². The third-order valence-electron chi connectivity index (χ3n) is 3.42. The highest BCUT2D eigenvalue weighted by Gasteiger charge is 2.10. The zero-order valence-electron chi connectivity index (χ0n) is 9.83. The molecule has 16 heavy (non-hydrogen) atoms. The van der Waals surface area contributed by atoms with Gasteiger partial charge >= 0.3 is 0 Å². The normalized spacial score (nSPS) is 13.7. The van der Waals surface area contributed by atoms with Crippen LogP contribution in [-0.4, -0.2) is 0 Å². The maximum atomic E-state index is 2.34. The Kier molecular flexibility index (Phi) is 2.10. The minimum absolute atomic E-state index is 0.597. The van der Waals surface area contributed by atoms with Crippen molar-refractivity contribution >= 4 is 16.8 Å². The molecule has 0 heterocycles. The van der Waals surface area contributed by atoms with Crippen LogP contribution in [0.5, 0.6) is 0 Å². The molecule has 0 atom stereocenters. The Bertz CT molecular complexity index is 574. The minimum Gasteiger partial charge on any atom is -0.0795 e. The van der Waals surface area contributed by atoms with Gasteiger partial charge in [-0.15, -0.1) is 0 Å². The van der Waals surface area contributed by atoms with Gasteiger partial charge in [0.15, 0.2) is 0 Å². The second kappa shape index (κ2) is 3.48. The van der Waals surface area contributed by atoms with Gasteiger partial charge in [-0.05, 0) is 39.8 Å². The molecule has 0 bridgehead atoms. The summed E-state index contributed by atoms with van der Waals surface area (Å²) in [7, 11) is 0. The maximum Gasteiger partial charge on any atom is -0.00761 e. The average molecular weight is 208 g/mol. The van der Waals surface area contributed by atoms with Crippen molar-refractivity contribution in [2.75, 3.05) is 0 Å². The van der Waals surface area contributed by atoms with E-state index in [0.29, 0.717) is 5.92 Å². The molecular weight excluding hydrogens is 192 g/mol. The van der Waals surface area contributed by atoms with Crippen LogP contribution in [0.1, 0.15) is 36.5 Å². The van der Waals surface area contributed by atoms with E-state index in [9.17, 15) is 0 Å². The van der Waals surface area contributed by atoms with Crippen molar-refractivity contribution in [2.24, 2.45) is 0 Å². The van der Waals surface area contributed by atoms with Gasteiger partial charge in [0.25, 0.3) is 0 Å². The minimum atomic E-state index is 0.597. The van der Waals surface area contributed by atoms with Gasteiger partial charge in [-0.1, -0.05) is 56.3 Å². The van der Waals surface area contributed by atoms with Gasteiger partial charge in [-0.3, -0.25) is 0 Å². The van der Waals surface area contributed by atoms with Gasteiger partial charge in [0.1, 0.15) is 0 Å². The molecule has 0 fully saturated rings. The lowest BCUT2D eigenvalue weighted by atomic mass is 9.89. The van der Waals surface area contributed by atoms with Crippen LogP contribution in [0.4, 0.5) is 0 Å². The molecule has 1 aliphatic rings. The van der Waals surface area contributed by atoms with E-state index in [4.69, 9.17) is 0 Å². The lowest BCUT2D eigenvalue weighted by Crippen LogP contribution is -1.96. The average Bonchev–Trinajstić information content (AvgIpc) is 2.29. The highest BCUT2D eigenvalue weighted by molar-refractivity contribution is 5.95. The first-order chi connectivity index (χ1) is 7.75. The number of allylic oxidation sites excluding steroid dienone is 1. The molecule has 0 aromatic heterocycles. The summed E-state index contributed by atoms with van der Waals surface area (Å²) in [6.07, 6.45) is 5.60. The summed E-state index contributed by atoms with van der Waals surface area (Å²) in [5, 5.41) is 2.84. The van der Waals surface area contributed by atoms with Crippen LogP contribution < -0.4 is 0 Å². The molecular formula is C16H16. The lowest BCUT2D eigenvalue weighted by Gasteiger charge is -2.16. The van der Waals surface area contributed by atoms with Crippen LogP contribution >= 0.6 is 0 Å². The molecule has 2 aromatic carbocycles. The summed E-state index contributed by atoms with van der Waals surface area (Å²) >= 11 is 0. The Morgan fingerprint density at radius 1 is 1.12 bits per heavy atom. The van der Waals surface area contributed by atoms with Gasteiger partial charge in [-0.25, -0.2) is 0 Å². The fourth-order valence-corrected chi connectivity index (χ4v) is 2.51. The van der Waals surface area contributed by atoms with Crippen molar-refractivity contribution < 1.29 is 0 Å². The molecule has 0 saturated heterocycles. The molecule has 3 rings (SSSR count). The first kappa shape index (κ1) is 9.65. The maximum absolute atomic E-state index is 2.34. The molecule has 1 aliphatic carbocycles. The Labute approximate surface area is 96.6 Å². The molecule has 2 aromatic rings. The number of hydrogen-bond donors (Lipinski definition) is 0. The van der Waals surface area contributed by atoms with Crippen LogP contribution in [0.25, 0.3) is 16.8 Å². The summed E-state index contributed by atoms with van der Waals surface area (Å²) in [5.41, 5.74) is 4.29. The van der Waals surface area contributed by atoms with E-state index in [1.807, 2.05) is 0 Å². The Morgan fingerprint density at radius 3 is 2.81 bits per heavy atom. The zero-order valence-corrected chi connectivity index (χ0v) is 9.83. The van der Waals surface area contributed by atoms with E-state index in [1.165, 1.54) is 27.5 Å².